The van der Waals surface area contributed by atoms with Gasteiger partial charge in [-0.2, -0.15) is 0 Å². The Bertz CT molecular complexity index is 405. The maximum atomic E-state index is 9.27. The van der Waals surface area contributed by atoms with Crippen LogP contribution in [0.25, 0.3) is 0 Å². The molecule has 0 rings (SSSR count). The van der Waals surface area contributed by atoms with E-state index in [2.05, 4.69) is 66.0 Å². The van der Waals surface area contributed by atoms with Crippen molar-refractivity contribution in [2.24, 2.45) is 5.92 Å². The molecule has 23 heavy (non-hydrogen) atoms. The van der Waals surface area contributed by atoms with Crippen LogP contribution in [0.4, 0.5) is 0 Å². The first-order chi connectivity index (χ1) is 10.7. The van der Waals surface area contributed by atoms with E-state index in [0.717, 1.165) is 12.0 Å². The van der Waals surface area contributed by atoms with Gasteiger partial charge in [0.05, 0.1) is 6.61 Å². The van der Waals surface area contributed by atoms with Crippen molar-refractivity contribution in [3.05, 3.63) is 11.6 Å². The first-order valence-electron chi connectivity index (χ1n) is 9.00. The lowest BCUT2D eigenvalue weighted by atomic mass is 9.97. The van der Waals surface area contributed by atoms with Gasteiger partial charge in [-0.05, 0) is 30.0 Å². The summed E-state index contributed by atoms with van der Waals surface area (Å²) in [6, 6.07) is 0. The maximum absolute atomic E-state index is 9.27. The Morgan fingerprint density at radius 3 is 1.87 bits per heavy atom. The number of hydrogen-bond donors (Lipinski definition) is 1. The first kappa shape index (κ1) is 22.4. The highest BCUT2D eigenvalue weighted by Gasteiger charge is 2.41. The fourth-order valence-corrected chi connectivity index (χ4v) is 9.07. The number of rotatable bonds is 8. The molecule has 0 saturated heterocycles. The lowest BCUT2D eigenvalue weighted by molar-refractivity contribution is 0.112. The van der Waals surface area contributed by atoms with Gasteiger partial charge in [-0.25, -0.2) is 0 Å². The molecule has 134 valence electrons. The average Bonchev–Trinajstić information content (AvgIpc) is 2.48. The fraction of sp³-hybridized carbons (Fsp3) is 0.800. The lowest BCUT2D eigenvalue weighted by Crippen LogP contribution is -2.43. The number of ether oxygens (including phenoxy) is 1. The fourth-order valence-electron chi connectivity index (χ4n) is 3.81. The van der Waals surface area contributed by atoms with Crippen LogP contribution in [0.15, 0.2) is 11.6 Å². The summed E-state index contributed by atoms with van der Waals surface area (Å²) < 4.78 is 5.71. The molecule has 1 N–H and O–H groups in total. The van der Waals surface area contributed by atoms with Gasteiger partial charge in [0, 0.05) is 13.0 Å². The smallest absolute Gasteiger partial charge is 0.146 e. The molecule has 3 heteroatoms. The second-order valence-electron chi connectivity index (χ2n) is 7.57. The molecule has 0 unspecified atom stereocenters. The Labute approximate surface area is 145 Å². The summed E-state index contributed by atoms with van der Waals surface area (Å²) in [4.78, 5) is 0. The van der Waals surface area contributed by atoms with Crippen LogP contribution in [0.1, 0.15) is 61.8 Å². The normalized spacial score (nSPS) is 15.8. The molecular formula is C20H38O2Si. The number of hydrogen-bond acceptors (Lipinski definition) is 2. The van der Waals surface area contributed by atoms with Gasteiger partial charge in [0.25, 0.3) is 0 Å². The highest BCUT2D eigenvalue weighted by molar-refractivity contribution is 6.90. The van der Waals surface area contributed by atoms with E-state index in [-0.39, 0.29) is 18.6 Å². The zero-order valence-corrected chi connectivity index (χ0v) is 17.7. The Hall–Kier alpha value is -0.563. The van der Waals surface area contributed by atoms with E-state index in [4.69, 9.17) is 4.74 Å². The van der Waals surface area contributed by atoms with Gasteiger partial charge in [0.15, 0.2) is 0 Å². The summed E-state index contributed by atoms with van der Waals surface area (Å²) in [6.07, 6.45) is 2.99. The SMILES string of the molecule is CC[C@@H](C=C(C)CO)[C@H](C#C[Si](C(C)C)(C(C)C)C(C)C)OC. The molecule has 0 fully saturated rings. The minimum Gasteiger partial charge on any atom is -0.392 e. The highest BCUT2D eigenvalue weighted by atomic mass is 28.3. The van der Waals surface area contributed by atoms with E-state index < -0.39 is 8.07 Å². The summed E-state index contributed by atoms with van der Waals surface area (Å²) >= 11 is 0. The third kappa shape index (κ3) is 5.78. The van der Waals surface area contributed by atoms with E-state index in [1.807, 2.05) is 6.92 Å². The molecule has 0 saturated carbocycles. The summed E-state index contributed by atoms with van der Waals surface area (Å²) in [5.74, 6) is 3.73. The molecule has 0 aromatic heterocycles. The molecule has 0 aliphatic rings. The molecule has 2 atom stereocenters. The van der Waals surface area contributed by atoms with Crippen LogP contribution >= 0.6 is 0 Å². The van der Waals surface area contributed by atoms with E-state index >= 15 is 0 Å². The summed E-state index contributed by atoms with van der Waals surface area (Å²) in [6.45, 7) is 18.2. The molecule has 0 aliphatic carbocycles. The van der Waals surface area contributed by atoms with E-state index in [1.165, 1.54) is 0 Å². The quantitative estimate of drug-likeness (QED) is 0.375. The van der Waals surface area contributed by atoms with Crippen LogP contribution in [0.2, 0.25) is 16.6 Å². The Morgan fingerprint density at radius 1 is 1.09 bits per heavy atom. The van der Waals surface area contributed by atoms with Gasteiger partial charge in [-0.3, -0.25) is 0 Å². The Balaban J connectivity index is 5.73. The van der Waals surface area contributed by atoms with Gasteiger partial charge in [0.2, 0.25) is 0 Å². The minimum atomic E-state index is -1.72. The van der Waals surface area contributed by atoms with Crippen LogP contribution < -0.4 is 0 Å². The van der Waals surface area contributed by atoms with Crippen LogP contribution in [-0.2, 0) is 4.74 Å². The topological polar surface area (TPSA) is 29.5 Å². The standard InChI is InChI=1S/C20H38O2Si/c1-10-19(13-18(8)14-21)20(22-9)11-12-23(15(2)3,16(4)5)17(6)7/h13,15-17,19-21H,10,14H2,1-9H3/t19-,20-/m0/s1. The monoisotopic (exact) mass is 338 g/mol. The van der Waals surface area contributed by atoms with Gasteiger partial charge < -0.3 is 9.84 Å². The highest BCUT2D eigenvalue weighted by Crippen LogP contribution is 2.40. The van der Waals surface area contributed by atoms with Gasteiger partial charge in [0.1, 0.15) is 14.2 Å². The van der Waals surface area contributed by atoms with Crippen molar-refractivity contribution >= 4 is 8.07 Å². The van der Waals surface area contributed by atoms with Crippen molar-refractivity contribution in [2.75, 3.05) is 13.7 Å². The van der Waals surface area contributed by atoms with Crippen molar-refractivity contribution < 1.29 is 9.84 Å². The molecule has 0 aromatic carbocycles. The number of aliphatic hydroxyl groups is 1. The zero-order chi connectivity index (χ0) is 18.2. The van der Waals surface area contributed by atoms with Gasteiger partial charge >= 0.3 is 0 Å². The Morgan fingerprint density at radius 2 is 1.57 bits per heavy atom. The third-order valence-corrected chi connectivity index (χ3v) is 11.5. The van der Waals surface area contributed by atoms with Crippen molar-refractivity contribution in [3.63, 3.8) is 0 Å². The lowest BCUT2D eigenvalue weighted by Gasteiger charge is -2.38. The second-order valence-corrected chi connectivity index (χ2v) is 13.1. The molecular weight excluding hydrogens is 300 g/mol. The molecule has 0 spiro atoms. The zero-order valence-electron chi connectivity index (χ0n) is 16.7. The first-order valence-corrected chi connectivity index (χ1v) is 11.2. The molecule has 0 heterocycles. The molecule has 0 radical (unpaired) electrons. The number of methoxy groups -OCH3 is 1. The van der Waals surface area contributed by atoms with E-state index in [1.54, 1.807) is 7.11 Å². The van der Waals surface area contributed by atoms with E-state index in [0.29, 0.717) is 16.6 Å². The van der Waals surface area contributed by atoms with Crippen molar-refractivity contribution in [3.8, 4) is 11.5 Å². The third-order valence-electron chi connectivity index (χ3n) is 5.16. The van der Waals surface area contributed by atoms with Crippen molar-refractivity contribution in [1.82, 2.24) is 0 Å². The second kappa shape index (κ2) is 10.3. The Kier molecular flexibility index (Phi) is 10.1. The summed E-state index contributed by atoms with van der Waals surface area (Å²) in [5.41, 5.74) is 6.63. The molecule has 0 aromatic rings. The van der Waals surface area contributed by atoms with Crippen LogP contribution in [0, 0.1) is 17.4 Å². The number of aliphatic hydroxyl groups excluding tert-OH is 1. The molecule has 0 amide bonds. The predicted octanol–water partition coefficient (Wildman–Crippen LogP) is 5.19. The van der Waals surface area contributed by atoms with Crippen molar-refractivity contribution in [2.45, 2.75) is 84.5 Å². The predicted molar refractivity (Wildman–Crippen MR) is 104 cm³/mol. The van der Waals surface area contributed by atoms with Gasteiger partial charge in [-0.1, -0.05) is 66.0 Å². The summed E-state index contributed by atoms with van der Waals surface area (Å²) in [5, 5.41) is 9.27. The van der Waals surface area contributed by atoms with Crippen molar-refractivity contribution in [1.29, 1.82) is 0 Å². The molecule has 0 aliphatic heterocycles. The van der Waals surface area contributed by atoms with Crippen LogP contribution in [0.3, 0.4) is 0 Å². The van der Waals surface area contributed by atoms with E-state index in [9.17, 15) is 5.11 Å². The molecule has 0 bridgehead atoms. The molecule has 2 nitrogen and oxygen atoms in total. The van der Waals surface area contributed by atoms with Crippen LogP contribution in [0.5, 0.6) is 0 Å². The maximum Gasteiger partial charge on any atom is 0.146 e. The minimum absolute atomic E-state index is 0.0929. The largest absolute Gasteiger partial charge is 0.392 e. The van der Waals surface area contributed by atoms with Gasteiger partial charge in [-0.15, -0.1) is 5.54 Å². The summed E-state index contributed by atoms with van der Waals surface area (Å²) in [7, 11) is 0.0188. The van der Waals surface area contributed by atoms with Crippen LogP contribution in [-0.4, -0.2) is 33.0 Å². The average molecular weight is 339 g/mol.